The Bertz CT molecular complexity index is 972. The molecule has 1 unspecified atom stereocenters. The summed E-state index contributed by atoms with van der Waals surface area (Å²) in [6, 6.07) is 12.3. The smallest absolute Gasteiger partial charge is 0.319 e. The molecule has 1 atom stereocenters. The van der Waals surface area contributed by atoms with Gasteiger partial charge in [0, 0.05) is 31.4 Å². The van der Waals surface area contributed by atoms with Crippen molar-refractivity contribution in [3.8, 4) is 0 Å². The molecule has 7 heteroatoms. The normalized spacial score (nSPS) is 18.3. The van der Waals surface area contributed by atoms with E-state index in [4.69, 9.17) is 5.73 Å². The number of carbonyl (C=O) groups is 3. The number of urea groups is 1. The van der Waals surface area contributed by atoms with Gasteiger partial charge in [0.25, 0.3) is 5.91 Å². The third-order valence-electron chi connectivity index (χ3n) is 5.42. The minimum atomic E-state index is -0.495. The predicted molar refractivity (Wildman–Crippen MR) is 106 cm³/mol. The Hall–Kier alpha value is -3.35. The first-order valence-electron chi connectivity index (χ1n) is 9.31. The van der Waals surface area contributed by atoms with Crippen LogP contribution in [0.3, 0.4) is 0 Å². The van der Waals surface area contributed by atoms with Crippen LogP contribution in [0, 0.1) is 0 Å². The molecular weight excluding hydrogens is 356 g/mol. The lowest BCUT2D eigenvalue weighted by Crippen LogP contribution is -2.41. The molecule has 4 amide bonds. The first-order valence-corrected chi connectivity index (χ1v) is 9.31. The Kier molecular flexibility index (Phi) is 4.50. The maximum atomic E-state index is 13.0. The summed E-state index contributed by atoms with van der Waals surface area (Å²) in [6.45, 7) is 0.892. The van der Waals surface area contributed by atoms with Crippen molar-refractivity contribution in [2.45, 2.75) is 18.8 Å². The molecule has 3 N–H and O–H groups in total. The summed E-state index contributed by atoms with van der Waals surface area (Å²) in [6.07, 6.45) is 1.73. The highest BCUT2D eigenvalue weighted by atomic mass is 16.2. The summed E-state index contributed by atoms with van der Waals surface area (Å²) in [5.41, 5.74) is 9.17. The van der Waals surface area contributed by atoms with E-state index in [0.29, 0.717) is 24.3 Å². The van der Waals surface area contributed by atoms with Gasteiger partial charge in [0.05, 0.1) is 11.6 Å². The van der Waals surface area contributed by atoms with Crippen LogP contribution < -0.4 is 16.0 Å². The van der Waals surface area contributed by atoms with Crippen molar-refractivity contribution in [3.05, 3.63) is 59.2 Å². The summed E-state index contributed by atoms with van der Waals surface area (Å²) in [7, 11) is 1.70. The number of nitrogens with zero attached hydrogens (tertiary/aromatic N) is 2. The van der Waals surface area contributed by atoms with E-state index in [2.05, 4.69) is 5.32 Å². The van der Waals surface area contributed by atoms with E-state index in [1.807, 2.05) is 24.3 Å². The summed E-state index contributed by atoms with van der Waals surface area (Å²) in [5.74, 6) is -0.721. The minimum absolute atomic E-state index is 0.0782. The zero-order valence-corrected chi connectivity index (χ0v) is 15.6. The summed E-state index contributed by atoms with van der Waals surface area (Å²) in [5, 5.41) is 2.94. The average Bonchev–Trinajstić information content (AvgIpc) is 2.70. The van der Waals surface area contributed by atoms with E-state index < -0.39 is 11.9 Å². The van der Waals surface area contributed by atoms with E-state index in [9.17, 15) is 14.4 Å². The van der Waals surface area contributed by atoms with Crippen LogP contribution in [-0.4, -0.2) is 42.9 Å². The van der Waals surface area contributed by atoms with Crippen LogP contribution in [0.4, 0.5) is 16.2 Å². The Morgan fingerprint density at radius 2 is 1.96 bits per heavy atom. The van der Waals surface area contributed by atoms with Crippen molar-refractivity contribution in [2.24, 2.45) is 5.73 Å². The quantitative estimate of drug-likeness (QED) is 0.839. The SMILES string of the molecule is CN1CC(C(=O)Nc2ccc3c(c2)N(C(N)=O)CCC3)c2ccccc2C1=O. The van der Waals surface area contributed by atoms with Crippen molar-refractivity contribution in [3.63, 3.8) is 0 Å². The van der Waals surface area contributed by atoms with Gasteiger partial charge in [-0.05, 0) is 42.2 Å². The molecule has 0 fully saturated rings. The molecule has 0 saturated heterocycles. The van der Waals surface area contributed by atoms with Gasteiger partial charge in [0.2, 0.25) is 5.91 Å². The number of carbonyl (C=O) groups excluding carboxylic acids is 3. The third kappa shape index (κ3) is 3.09. The number of anilines is 2. The number of hydrogen-bond acceptors (Lipinski definition) is 3. The maximum Gasteiger partial charge on any atom is 0.319 e. The second-order valence-corrected chi connectivity index (χ2v) is 7.25. The number of likely N-dealkylation sites (N-methyl/N-ethyl adjacent to an activating group) is 1. The highest BCUT2D eigenvalue weighted by Crippen LogP contribution is 2.32. The number of aryl methyl sites for hydroxylation is 1. The van der Waals surface area contributed by atoms with Crippen molar-refractivity contribution < 1.29 is 14.4 Å². The van der Waals surface area contributed by atoms with Crippen molar-refractivity contribution in [1.82, 2.24) is 4.90 Å². The molecule has 2 aromatic rings. The van der Waals surface area contributed by atoms with Crippen LogP contribution in [0.2, 0.25) is 0 Å². The molecule has 144 valence electrons. The number of fused-ring (bicyclic) bond motifs is 2. The van der Waals surface area contributed by atoms with E-state index in [1.165, 1.54) is 4.90 Å². The lowest BCUT2D eigenvalue weighted by Gasteiger charge is -2.31. The summed E-state index contributed by atoms with van der Waals surface area (Å²) < 4.78 is 0. The summed E-state index contributed by atoms with van der Waals surface area (Å²) >= 11 is 0. The zero-order chi connectivity index (χ0) is 19.8. The van der Waals surface area contributed by atoms with E-state index in [-0.39, 0.29) is 11.8 Å². The molecule has 2 aliphatic heterocycles. The van der Waals surface area contributed by atoms with Gasteiger partial charge >= 0.3 is 6.03 Å². The molecule has 0 radical (unpaired) electrons. The first kappa shape index (κ1) is 18.0. The second kappa shape index (κ2) is 6.99. The molecular formula is C21H22N4O3. The van der Waals surface area contributed by atoms with Crippen LogP contribution in [-0.2, 0) is 11.2 Å². The van der Waals surface area contributed by atoms with Crippen molar-refractivity contribution >= 4 is 29.2 Å². The maximum absolute atomic E-state index is 13.0. The zero-order valence-electron chi connectivity index (χ0n) is 15.6. The fourth-order valence-corrected chi connectivity index (χ4v) is 3.99. The molecule has 0 bridgehead atoms. The topological polar surface area (TPSA) is 95.7 Å². The molecule has 2 aliphatic rings. The van der Waals surface area contributed by atoms with Gasteiger partial charge in [-0.3, -0.25) is 14.5 Å². The van der Waals surface area contributed by atoms with E-state index in [0.717, 1.165) is 29.7 Å². The van der Waals surface area contributed by atoms with Gasteiger partial charge in [0.15, 0.2) is 0 Å². The highest BCUT2D eigenvalue weighted by Gasteiger charge is 2.33. The average molecular weight is 378 g/mol. The highest BCUT2D eigenvalue weighted by molar-refractivity contribution is 6.04. The van der Waals surface area contributed by atoms with E-state index in [1.54, 1.807) is 30.1 Å². The minimum Gasteiger partial charge on any atom is -0.351 e. The number of hydrogen-bond donors (Lipinski definition) is 2. The monoisotopic (exact) mass is 378 g/mol. The number of nitrogens with one attached hydrogen (secondary N) is 1. The third-order valence-corrected chi connectivity index (χ3v) is 5.42. The Balaban J connectivity index is 1.61. The molecule has 4 rings (SSSR count). The molecule has 28 heavy (non-hydrogen) atoms. The number of benzene rings is 2. The Morgan fingerprint density at radius 3 is 2.75 bits per heavy atom. The van der Waals surface area contributed by atoms with Crippen molar-refractivity contribution in [1.29, 1.82) is 0 Å². The lowest BCUT2D eigenvalue weighted by molar-refractivity contribution is -0.117. The molecule has 0 aliphatic carbocycles. The Labute approximate surface area is 163 Å². The van der Waals surface area contributed by atoms with Gasteiger partial charge in [-0.2, -0.15) is 0 Å². The fraction of sp³-hybridized carbons (Fsp3) is 0.286. The molecule has 0 aromatic heterocycles. The van der Waals surface area contributed by atoms with E-state index >= 15 is 0 Å². The molecule has 7 nitrogen and oxygen atoms in total. The predicted octanol–water partition coefficient (Wildman–Crippen LogP) is 2.33. The van der Waals surface area contributed by atoms with Crippen LogP contribution >= 0.6 is 0 Å². The molecule has 2 aromatic carbocycles. The standard InChI is InChI=1S/C21H22N4O3/c1-24-12-17(15-6-2-3-7-16(15)20(24)27)19(26)23-14-9-8-13-5-4-10-25(21(22)28)18(13)11-14/h2-3,6-9,11,17H,4-5,10,12H2,1H3,(H2,22,28)(H,23,26). The van der Waals surface area contributed by atoms with Gasteiger partial charge in [0.1, 0.15) is 0 Å². The van der Waals surface area contributed by atoms with Crippen LogP contribution in [0.25, 0.3) is 0 Å². The second-order valence-electron chi connectivity index (χ2n) is 7.25. The Morgan fingerprint density at radius 1 is 1.18 bits per heavy atom. The first-order chi connectivity index (χ1) is 13.5. The molecule has 0 spiro atoms. The van der Waals surface area contributed by atoms with Crippen molar-refractivity contribution in [2.75, 3.05) is 30.4 Å². The molecule has 0 saturated carbocycles. The van der Waals surface area contributed by atoms with Gasteiger partial charge < -0.3 is 16.0 Å². The van der Waals surface area contributed by atoms with Gasteiger partial charge in [-0.25, -0.2) is 4.79 Å². The van der Waals surface area contributed by atoms with Gasteiger partial charge in [-0.15, -0.1) is 0 Å². The summed E-state index contributed by atoms with van der Waals surface area (Å²) in [4.78, 5) is 40.2. The number of nitrogens with two attached hydrogens (primary N) is 1. The van der Waals surface area contributed by atoms with Gasteiger partial charge in [-0.1, -0.05) is 24.3 Å². The van der Waals surface area contributed by atoms with Crippen LogP contribution in [0.1, 0.15) is 33.8 Å². The van der Waals surface area contributed by atoms with Crippen LogP contribution in [0.15, 0.2) is 42.5 Å². The number of amides is 4. The number of primary amides is 1. The fourth-order valence-electron chi connectivity index (χ4n) is 3.99. The number of rotatable bonds is 2. The lowest BCUT2D eigenvalue weighted by atomic mass is 9.88. The molecule has 2 heterocycles. The largest absolute Gasteiger partial charge is 0.351 e. The van der Waals surface area contributed by atoms with Crippen LogP contribution in [0.5, 0.6) is 0 Å².